The summed E-state index contributed by atoms with van der Waals surface area (Å²) in [7, 11) is 0. The predicted molar refractivity (Wildman–Crippen MR) is 218 cm³/mol. The van der Waals surface area contributed by atoms with Gasteiger partial charge in [-0.25, -0.2) is 14.6 Å². The zero-order valence-electron chi connectivity index (χ0n) is 35.8. The summed E-state index contributed by atoms with van der Waals surface area (Å²) in [5, 5.41) is 11.9. The van der Waals surface area contributed by atoms with Gasteiger partial charge in [-0.2, -0.15) is 0 Å². The molecule has 2 saturated heterocycles. The lowest BCUT2D eigenvalue weighted by Crippen LogP contribution is -2.56. The quantitative estimate of drug-likeness (QED) is 0.160. The Morgan fingerprint density at radius 1 is 0.867 bits per heavy atom. The van der Waals surface area contributed by atoms with Gasteiger partial charge in [0.05, 0.1) is 35.6 Å². The second-order valence-corrected chi connectivity index (χ2v) is 18.2. The highest BCUT2D eigenvalue weighted by atomic mass is 16.6. The fraction of sp³-hybridized carbons (Fsp3) is 0.568. The summed E-state index contributed by atoms with van der Waals surface area (Å²) in [6, 6.07) is 7.16. The van der Waals surface area contributed by atoms with Crippen LogP contribution in [0.15, 0.2) is 29.1 Å². The highest BCUT2D eigenvalue weighted by Crippen LogP contribution is 2.41. The first-order chi connectivity index (χ1) is 28.2. The lowest BCUT2D eigenvalue weighted by Gasteiger charge is -2.41. The van der Waals surface area contributed by atoms with Crippen LogP contribution in [-0.2, 0) is 58.6 Å². The Hall–Kier alpha value is -5.35. The van der Waals surface area contributed by atoms with Gasteiger partial charge < -0.3 is 38.4 Å². The molecule has 322 valence electrons. The molecule has 0 spiro atoms. The Kier molecular flexibility index (Phi) is 11.1. The number of carbonyl (C=O) groups is 5. The normalized spacial score (nSPS) is 20.2. The standard InChI is InChI=1S/C44H55N5O11/c1-9-26-11-12-32(28-21-27-23-49-31(35(27)45-34(26)28)22-30-29(36(49)51)25-57-39(54)44(30,56)10-2)58-40(55)48-19-17-46(18-20-48)24-33(50)47-15-13-43(14-16-47,37(52)59-41(3,4)5)38(53)60-42(6,7)8/h11-12,21-22,56H,9-10,13-20,23-25H2,1-8H3/t44-/m0/s1. The highest BCUT2D eigenvalue weighted by Gasteiger charge is 2.53. The van der Waals surface area contributed by atoms with Gasteiger partial charge in [0.25, 0.3) is 5.56 Å². The molecule has 0 saturated carbocycles. The van der Waals surface area contributed by atoms with Crippen LogP contribution in [0.1, 0.15) is 96.9 Å². The van der Waals surface area contributed by atoms with Crippen molar-refractivity contribution in [3.05, 3.63) is 56.9 Å². The van der Waals surface area contributed by atoms with Gasteiger partial charge in [-0.15, -0.1) is 0 Å². The fourth-order valence-corrected chi connectivity index (χ4v) is 8.39. The molecule has 1 atom stereocenters. The van der Waals surface area contributed by atoms with E-state index < -0.39 is 46.2 Å². The monoisotopic (exact) mass is 829 g/mol. The summed E-state index contributed by atoms with van der Waals surface area (Å²) in [5.74, 6) is -1.89. The van der Waals surface area contributed by atoms with Crippen LogP contribution >= 0.6 is 0 Å². The molecule has 0 bridgehead atoms. The number of likely N-dealkylation sites (tertiary alicyclic amines) is 1. The third-order valence-corrected chi connectivity index (χ3v) is 11.8. The minimum atomic E-state index is -1.94. The fourth-order valence-electron chi connectivity index (χ4n) is 8.39. The molecule has 4 aliphatic rings. The average molecular weight is 830 g/mol. The van der Waals surface area contributed by atoms with E-state index in [4.69, 9.17) is 23.9 Å². The van der Waals surface area contributed by atoms with E-state index in [1.54, 1.807) is 75.0 Å². The lowest BCUT2D eigenvalue weighted by molar-refractivity contribution is -0.190. The zero-order chi connectivity index (χ0) is 43.5. The van der Waals surface area contributed by atoms with Crippen molar-refractivity contribution in [2.75, 3.05) is 45.8 Å². The molecular formula is C44H55N5O11. The van der Waals surface area contributed by atoms with Crippen molar-refractivity contribution in [1.82, 2.24) is 24.3 Å². The number of hydrogen-bond donors (Lipinski definition) is 1. The number of aromatic nitrogens is 2. The van der Waals surface area contributed by atoms with Crippen LogP contribution < -0.4 is 10.3 Å². The molecule has 0 aliphatic carbocycles. The third kappa shape index (κ3) is 7.86. The van der Waals surface area contributed by atoms with Crippen LogP contribution in [0.3, 0.4) is 0 Å². The molecule has 16 heteroatoms. The average Bonchev–Trinajstić information content (AvgIpc) is 3.55. The number of fused-ring (bicyclic) bond motifs is 5. The number of hydrogen-bond acceptors (Lipinski definition) is 13. The Morgan fingerprint density at radius 2 is 1.50 bits per heavy atom. The van der Waals surface area contributed by atoms with Crippen LogP contribution in [0, 0.1) is 5.41 Å². The maximum Gasteiger partial charge on any atom is 0.415 e. The topological polar surface area (TPSA) is 187 Å². The second-order valence-electron chi connectivity index (χ2n) is 18.2. The number of aryl methyl sites for hydroxylation is 1. The van der Waals surface area contributed by atoms with Gasteiger partial charge in [0.1, 0.15) is 23.6 Å². The summed E-state index contributed by atoms with van der Waals surface area (Å²) in [4.78, 5) is 90.5. The summed E-state index contributed by atoms with van der Waals surface area (Å²) < 4.78 is 24.1. The number of esters is 3. The van der Waals surface area contributed by atoms with Crippen molar-refractivity contribution in [2.24, 2.45) is 5.41 Å². The molecule has 2 aromatic heterocycles. The molecular weight excluding hydrogens is 775 g/mol. The summed E-state index contributed by atoms with van der Waals surface area (Å²) in [6.07, 6.45) is 0.310. The van der Waals surface area contributed by atoms with Crippen LogP contribution in [-0.4, -0.2) is 116 Å². The number of carbonyl (C=O) groups excluding carboxylic acids is 5. The van der Waals surface area contributed by atoms with Crippen molar-refractivity contribution in [3.8, 4) is 17.1 Å². The van der Waals surface area contributed by atoms with Crippen molar-refractivity contribution in [1.29, 1.82) is 0 Å². The van der Waals surface area contributed by atoms with Crippen LogP contribution in [0.5, 0.6) is 5.75 Å². The van der Waals surface area contributed by atoms with E-state index in [0.29, 0.717) is 60.6 Å². The molecule has 4 aliphatic heterocycles. The molecule has 0 radical (unpaired) electrons. The summed E-state index contributed by atoms with van der Waals surface area (Å²) in [5.41, 5.74) is -1.64. The SMILES string of the molecule is CCc1ccc(OC(=O)N2CCN(CC(=O)N3CCC(C(=O)OC(C)(C)C)(C(=O)OC(C)(C)C)CC3)CC2)c2cc3c(nc12)-c1cc2c(c(=O)n1C3)COC(=O)[C@]2(O)CC. The minimum absolute atomic E-state index is 0.0399. The molecule has 0 unspecified atom stereocenters. The number of piperazine rings is 1. The first-order valence-electron chi connectivity index (χ1n) is 20.7. The van der Waals surface area contributed by atoms with Crippen LogP contribution in [0.4, 0.5) is 4.79 Å². The van der Waals surface area contributed by atoms with Gasteiger partial charge in [-0.3, -0.25) is 24.1 Å². The van der Waals surface area contributed by atoms with Crippen molar-refractivity contribution < 1.29 is 48.0 Å². The van der Waals surface area contributed by atoms with Gasteiger partial charge in [0, 0.05) is 55.8 Å². The number of ether oxygens (including phenoxy) is 4. The number of pyridine rings is 2. The van der Waals surface area contributed by atoms with Gasteiger partial charge >= 0.3 is 24.0 Å². The maximum atomic E-state index is 13.7. The number of rotatable bonds is 7. The molecule has 60 heavy (non-hydrogen) atoms. The summed E-state index contributed by atoms with van der Waals surface area (Å²) >= 11 is 0. The van der Waals surface area contributed by atoms with E-state index in [9.17, 15) is 33.9 Å². The van der Waals surface area contributed by atoms with Crippen LogP contribution in [0.25, 0.3) is 22.3 Å². The number of piperidine rings is 1. The minimum Gasteiger partial charge on any atom is -0.459 e. The molecule has 1 aromatic carbocycles. The largest absolute Gasteiger partial charge is 0.459 e. The van der Waals surface area contributed by atoms with Crippen molar-refractivity contribution in [2.45, 2.75) is 111 Å². The first-order valence-corrected chi connectivity index (χ1v) is 20.7. The van der Waals surface area contributed by atoms with Gasteiger partial charge in [-0.05, 0) is 91.0 Å². The Labute approximate surface area is 348 Å². The molecule has 1 N–H and O–H groups in total. The number of aliphatic hydroxyl groups is 1. The number of cyclic esters (lactones) is 1. The van der Waals surface area contributed by atoms with Crippen LogP contribution in [0.2, 0.25) is 0 Å². The van der Waals surface area contributed by atoms with E-state index in [-0.39, 0.29) is 74.6 Å². The predicted octanol–water partition coefficient (Wildman–Crippen LogP) is 4.05. The van der Waals surface area contributed by atoms with E-state index in [1.807, 2.05) is 24.0 Å². The van der Waals surface area contributed by atoms with Gasteiger partial charge in [0.2, 0.25) is 5.91 Å². The van der Waals surface area contributed by atoms with E-state index in [1.165, 1.54) is 0 Å². The summed E-state index contributed by atoms with van der Waals surface area (Å²) in [6.45, 7) is 16.1. The smallest absolute Gasteiger partial charge is 0.415 e. The molecule has 3 aromatic rings. The molecule has 2 amide bonds. The lowest BCUT2D eigenvalue weighted by atomic mass is 9.78. The Bertz CT molecular complexity index is 2300. The second kappa shape index (κ2) is 15.6. The Morgan fingerprint density at radius 3 is 2.08 bits per heavy atom. The molecule has 16 nitrogen and oxygen atoms in total. The molecule has 7 rings (SSSR count). The Balaban J connectivity index is 1.00. The third-order valence-electron chi connectivity index (χ3n) is 11.8. The number of amides is 2. The molecule has 6 heterocycles. The van der Waals surface area contributed by atoms with Gasteiger partial charge in [0.15, 0.2) is 11.0 Å². The first kappa shape index (κ1) is 42.8. The maximum absolute atomic E-state index is 13.7. The van der Waals surface area contributed by atoms with E-state index >= 15 is 0 Å². The van der Waals surface area contributed by atoms with E-state index in [2.05, 4.69) is 0 Å². The highest BCUT2D eigenvalue weighted by molar-refractivity contribution is 6.01. The zero-order valence-corrected chi connectivity index (χ0v) is 35.8. The number of nitrogens with zero attached hydrogens (tertiary/aromatic N) is 5. The molecule has 2 fully saturated rings. The number of benzene rings is 1. The van der Waals surface area contributed by atoms with Crippen molar-refractivity contribution >= 4 is 40.8 Å². The van der Waals surface area contributed by atoms with Crippen molar-refractivity contribution in [3.63, 3.8) is 0 Å². The van der Waals surface area contributed by atoms with Gasteiger partial charge in [-0.1, -0.05) is 19.9 Å². The van der Waals surface area contributed by atoms with E-state index in [0.717, 1.165) is 11.1 Å².